The fraction of sp³-hybridized carbons (Fsp3) is 0.833. The maximum Gasteiger partial charge on any atom is 0.325 e. The molecule has 0 aromatic carbocycles. The van der Waals surface area contributed by atoms with E-state index in [0.29, 0.717) is 0 Å². The predicted molar refractivity (Wildman–Crippen MR) is 36.3 cm³/mol. The van der Waals surface area contributed by atoms with Gasteiger partial charge in [0.1, 0.15) is 6.04 Å². The molecule has 0 aliphatic rings. The molecule has 0 aromatic rings. The van der Waals surface area contributed by atoms with Gasteiger partial charge < -0.3 is 15.6 Å². The molecule has 0 aliphatic heterocycles. The third kappa shape index (κ3) is 3.42. The second-order valence-corrected chi connectivity index (χ2v) is 2.27. The van der Waals surface area contributed by atoms with Crippen LogP contribution in [0.5, 0.6) is 0 Å². The van der Waals surface area contributed by atoms with Crippen LogP contribution in [0, 0.1) is 0 Å². The number of aliphatic hydroxyl groups is 1. The molecule has 0 rings (SSSR count). The summed E-state index contributed by atoms with van der Waals surface area (Å²) in [7, 11) is 0. The zero-order chi connectivity index (χ0) is 8.15. The molecule has 3 N–H and O–H groups in total. The van der Waals surface area contributed by atoms with Gasteiger partial charge >= 0.3 is 5.97 Å². The van der Waals surface area contributed by atoms with E-state index >= 15 is 0 Å². The molecule has 10 heavy (non-hydrogen) atoms. The zero-order valence-corrected chi connectivity index (χ0v) is 6.20. The average molecular weight is 147 g/mol. The van der Waals surface area contributed by atoms with Gasteiger partial charge in [-0.3, -0.25) is 4.79 Å². The van der Waals surface area contributed by atoms with E-state index in [-0.39, 0.29) is 12.7 Å². The normalized spacial score (nSPS) is 13.3. The lowest BCUT2D eigenvalue weighted by Crippen LogP contribution is -2.36. The quantitative estimate of drug-likeness (QED) is 0.515. The molecule has 0 saturated carbocycles. The largest absolute Gasteiger partial charge is 0.462 e. The van der Waals surface area contributed by atoms with Crippen LogP contribution in [-0.2, 0) is 9.53 Å². The minimum atomic E-state index is -0.901. The predicted octanol–water partition coefficient (Wildman–Crippen LogP) is -0.742. The number of hydrogen-bond acceptors (Lipinski definition) is 4. The van der Waals surface area contributed by atoms with E-state index in [2.05, 4.69) is 4.74 Å². The average Bonchev–Trinajstić information content (AvgIpc) is 1.85. The fourth-order valence-corrected chi connectivity index (χ4v) is 0.394. The summed E-state index contributed by atoms with van der Waals surface area (Å²) < 4.78 is 4.68. The van der Waals surface area contributed by atoms with E-state index in [9.17, 15) is 4.79 Å². The molecule has 0 amide bonds. The first-order valence-corrected chi connectivity index (χ1v) is 3.15. The highest BCUT2D eigenvalue weighted by atomic mass is 16.5. The van der Waals surface area contributed by atoms with Crippen molar-refractivity contribution in [1.29, 1.82) is 0 Å². The molecular weight excluding hydrogens is 134 g/mol. The third-order valence-electron chi connectivity index (χ3n) is 0.851. The first-order valence-electron chi connectivity index (χ1n) is 3.15. The maximum absolute atomic E-state index is 10.7. The summed E-state index contributed by atoms with van der Waals surface area (Å²) in [5.74, 6) is -0.558. The number of nitrogens with two attached hydrogens (primary N) is 1. The van der Waals surface area contributed by atoms with E-state index in [0.717, 1.165) is 0 Å². The fourth-order valence-electron chi connectivity index (χ4n) is 0.394. The standard InChI is InChI=1S/C6H13NO3/c1-4(2)10-6(9)5(7)3-8/h4-5,8H,3,7H2,1-2H3. The van der Waals surface area contributed by atoms with Gasteiger partial charge in [-0.2, -0.15) is 0 Å². The number of carbonyl (C=O) groups excluding carboxylic acids is 1. The SMILES string of the molecule is CC(C)OC(=O)C(N)CO. The van der Waals surface area contributed by atoms with Crippen LogP contribution in [0.4, 0.5) is 0 Å². The second kappa shape index (κ2) is 4.24. The molecule has 0 bridgehead atoms. The smallest absolute Gasteiger partial charge is 0.325 e. The van der Waals surface area contributed by atoms with Crippen LogP contribution in [0.1, 0.15) is 13.8 Å². The lowest BCUT2D eigenvalue weighted by atomic mass is 10.3. The van der Waals surface area contributed by atoms with Crippen molar-refractivity contribution in [3.63, 3.8) is 0 Å². The van der Waals surface area contributed by atoms with Gasteiger partial charge in [0, 0.05) is 0 Å². The van der Waals surface area contributed by atoms with Crippen LogP contribution in [0.2, 0.25) is 0 Å². The minimum absolute atomic E-state index is 0.176. The topological polar surface area (TPSA) is 72.5 Å². The minimum Gasteiger partial charge on any atom is -0.462 e. The Labute approximate surface area is 60.0 Å². The van der Waals surface area contributed by atoms with Gasteiger partial charge in [-0.25, -0.2) is 0 Å². The second-order valence-electron chi connectivity index (χ2n) is 2.27. The number of esters is 1. The first kappa shape index (κ1) is 9.39. The molecule has 0 radical (unpaired) electrons. The van der Waals surface area contributed by atoms with Crippen molar-refractivity contribution in [1.82, 2.24) is 0 Å². The van der Waals surface area contributed by atoms with E-state index in [4.69, 9.17) is 10.8 Å². The summed E-state index contributed by atoms with van der Waals surface area (Å²) >= 11 is 0. The summed E-state index contributed by atoms with van der Waals surface area (Å²) in [5.41, 5.74) is 5.14. The lowest BCUT2D eigenvalue weighted by molar-refractivity contribution is -0.149. The summed E-state index contributed by atoms with van der Waals surface area (Å²) in [6.45, 7) is 3.08. The molecule has 0 saturated heterocycles. The number of hydrogen-bond donors (Lipinski definition) is 2. The Kier molecular flexibility index (Phi) is 3.99. The number of ether oxygens (including phenoxy) is 1. The Morgan fingerprint density at radius 2 is 2.20 bits per heavy atom. The maximum atomic E-state index is 10.7. The Hall–Kier alpha value is -0.610. The molecule has 0 aromatic heterocycles. The van der Waals surface area contributed by atoms with Crippen LogP contribution < -0.4 is 5.73 Å². The van der Waals surface area contributed by atoms with Gasteiger partial charge in [0.2, 0.25) is 0 Å². The highest BCUT2D eigenvalue weighted by Crippen LogP contribution is 1.91. The Bertz CT molecular complexity index is 114. The first-order chi connectivity index (χ1) is 4.57. The van der Waals surface area contributed by atoms with Gasteiger partial charge in [0.15, 0.2) is 0 Å². The molecule has 0 spiro atoms. The van der Waals surface area contributed by atoms with Gasteiger partial charge in [0.05, 0.1) is 12.7 Å². The van der Waals surface area contributed by atoms with Crippen molar-refractivity contribution in [2.75, 3.05) is 6.61 Å². The van der Waals surface area contributed by atoms with Gasteiger partial charge in [-0.15, -0.1) is 0 Å². The molecule has 1 unspecified atom stereocenters. The number of aliphatic hydroxyl groups excluding tert-OH is 1. The van der Waals surface area contributed by atoms with Gasteiger partial charge in [0.25, 0.3) is 0 Å². The van der Waals surface area contributed by atoms with Gasteiger partial charge in [-0.1, -0.05) is 0 Å². The molecular formula is C6H13NO3. The van der Waals surface area contributed by atoms with Crippen LogP contribution >= 0.6 is 0 Å². The van der Waals surface area contributed by atoms with Crippen LogP contribution in [0.25, 0.3) is 0 Å². The van der Waals surface area contributed by atoms with Crippen molar-refractivity contribution in [3.05, 3.63) is 0 Å². The molecule has 4 heteroatoms. The molecule has 0 heterocycles. The van der Waals surface area contributed by atoms with E-state index < -0.39 is 12.0 Å². The lowest BCUT2D eigenvalue weighted by Gasteiger charge is -2.10. The molecule has 0 fully saturated rings. The Balaban J connectivity index is 3.62. The van der Waals surface area contributed by atoms with Crippen LogP contribution in [0.3, 0.4) is 0 Å². The van der Waals surface area contributed by atoms with Gasteiger partial charge in [-0.05, 0) is 13.8 Å². The van der Waals surface area contributed by atoms with Crippen LogP contribution in [0.15, 0.2) is 0 Å². The van der Waals surface area contributed by atoms with E-state index in [1.807, 2.05) is 0 Å². The monoisotopic (exact) mass is 147 g/mol. The summed E-state index contributed by atoms with van der Waals surface area (Å²) in [4.78, 5) is 10.7. The molecule has 0 aliphatic carbocycles. The van der Waals surface area contributed by atoms with Crippen molar-refractivity contribution in [3.8, 4) is 0 Å². The number of carbonyl (C=O) groups is 1. The zero-order valence-electron chi connectivity index (χ0n) is 6.20. The van der Waals surface area contributed by atoms with Crippen molar-refractivity contribution >= 4 is 5.97 Å². The third-order valence-corrected chi connectivity index (χ3v) is 0.851. The Morgan fingerprint density at radius 1 is 1.70 bits per heavy atom. The summed E-state index contributed by atoms with van der Waals surface area (Å²) in [6, 6.07) is -0.901. The van der Waals surface area contributed by atoms with Crippen LogP contribution in [-0.4, -0.2) is 29.8 Å². The highest BCUT2D eigenvalue weighted by Gasteiger charge is 2.14. The number of rotatable bonds is 3. The molecule has 1 atom stereocenters. The van der Waals surface area contributed by atoms with E-state index in [1.165, 1.54) is 0 Å². The Morgan fingerprint density at radius 3 is 2.50 bits per heavy atom. The van der Waals surface area contributed by atoms with Crippen molar-refractivity contribution < 1.29 is 14.6 Å². The van der Waals surface area contributed by atoms with Crippen molar-refractivity contribution in [2.45, 2.75) is 26.0 Å². The highest BCUT2D eigenvalue weighted by molar-refractivity contribution is 5.75. The molecule has 4 nitrogen and oxygen atoms in total. The summed E-state index contributed by atoms with van der Waals surface area (Å²) in [6.07, 6.45) is -0.176. The van der Waals surface area contributed by atoms with Crippen molar-refractivity contribution in [2.24, 2.45) is 5.73 Å². The molecule has 60 valence electrons. The summed E-state index contributed by atoms with van der Waals surface area (Å²) in [5, 5.41) is 8.39. The van der Waals surface area contributed by atoms with E-state index in [1.54, 1.807) is 13.8 Å².